The summed E-state index contributed by atoms with van der Waals surface area (Å²) in [7, 11) is 2.32. The Hall–Kier alpha value is -0.0400. The molecule has 1 saturated heterocycles. The molecule has 2 rings (SSSR count). The fourth-order valence-corrected chi connectivity index (χ4v) is 3.74. The zero-order chi connectivity index (χ0) is 10.7. The van der Waals surface area contributed by atoms with Crippen molar-refractivity contribution in [3.8, 4) is 0 Å². The minimum Gasteiger partial charge on any atom is -0.306 e. The van der Waals surface area contributed by atoms with Gasteiger partial charge in [0.2, 0.25) is 0 Å². The second-order valence-electron chi connectivity index (χ2n) is 5.89. The Kier molecular flexibility index (Phi) is 4.07. The van der Waals surface area contributed by atoms with Crippen molar-refractivity contribution < 1.29 is 0 Å². The van der Waals surface area contributed by atoms with Crippen LogP contribution in [0.5, 0.6) is 0 Å². The van der Waals surface area contributed by atoms with E-state index in [1.54, 1.807) is 0 Å². The lowest BCUT2D eigenvalue weighted by Crippen LogP contribution is -2.41. The fourth-order valence-electron chi connectivity index (χ4n) is 3.74. The lowest BCUT2D eigenvalue weighted by atomic mass is 9.74. The van der Waals surface area contributed by atoms with Crippen LogP contribution >= 0.6 is 0 Å². The normalized spacial score (nSPS) is 35.6. The van der Waals surface area contributed by atoms with Gasteiger partial charge >= 0.3 is 0 Å². The first-order chi connectivity index (χ1) is 7.29. The third kappa shape index (κ3) is 2.96. The van der Waals surface area contributed by atoms with Crippen molar-refractivity contribution in [3.63, 3.8) is 0 Å². The molecular formula is C14H27N. The van der Waals surface area contributed by atoms with Gasteiger partial charge in [-0.1, -0.05) is 45.4 Å². The van der Waals surface area contributed by atoms with Gasteiger partial charge in [-0.05, 0) is 31.2 Å². The van der Waals surface area contributed by atoms with Gasteiger partial charge in [0.15, 0.2) is 0 Å². The first-order valence-corrected chi connectivity index (χ1v) is 6.98. The van der Waals surface area contributed by atoms with E-state index in [4.69, 9.17) is 0 Å². The maximum Gasteiger partial charge on any atom is 0.000948 e. The van der Waals surface area contributed by atoms with Crippen molar-refractivity contribution in [1.29, 1.82) is 0 Å². The van der Waals surface area contributed by atoms with Gasteiger partial charge in [0.1, 0.15) is 0 Å². The molecule has 0 bridgehead atoms. The van der Waals surface area contributed by atoms with Crippen LogP contribution in [0, 0.1) is 17.8 Å². The molecule has 2 atom stereocenters. The molecule has 15 heavy (non-hydrogen) atoms. The summed E-state index contributed by atoms with van der Waals surface area (Å²) in [6, 6.07) is 0. The Morgan fingerprint density at radius 1 is 1.00 bits per heavy atom. The molecule has 0 aromatic rings. The van der Waals surface area contributed by atoms with E-state index in [0.29, 0.717) is 0 Å². The lowest BCUT2D eigenvalue weighted by molar-refractivity contribution is 0.0930. The molecule has 88 valence electrons. The van der Waals surface area contributed by atoms with Crippen LogP contribution in [0.15, 0.2) is 0 Å². The van der Waals surface area contributed by atoms with E-state index in [9.17, 15) is 0 Å². The minimum absolute atomic E-state index is 0.982. The Morgan fingerprint density at radius 3 is 2.40 bits per heavy atom. The van der Waals surface area contributed by atoms with Crippen molar-refractivity contribution in [2.24, 2.45) is 17.8 Å². The molecule has 1 heterocycles. The smallest absolute Gasteiger partial charge is 0.000948 e. The molecule has 0 aromatic heterocycles. The third-order valence-electron chi connectivity index (χ3n) is 4.65. The summed E-state index contributed by atoms with van der Waals surface area (Å²) in [5, 5.41) is 0. The average Bonchev–Trinajstić information content (AvgIpc) is 2.29. The molecule has 0 amide bonds. The monoisotopic (exact) mass is 209 g/mol. The molecule has 1 aliphatic heterocycles. The summed E-state index contributed by atoms with van der Waals surface area (Å²) in [5.74, 6) is 3.07. The van der Waals surface area contributed by atoms with Crippen molar-refractivity contribution in [3.05, 3.63) is 0 Å². The highest BCUT2D eigenvalue weighted by molar-refractivity contribution is 4.83. The summed E-state index contributed by atoms with van der Waals surface area (Å²) in [5.41, 5.74) is 0. The van der Waals surface area contributed by atoms with Crippen LogP contribution in [0.2, 0.25) is 0 Å². The van der Waals surface area contributed by atoms with Gasteiger partial charge in [-0.3, -0.25) is 0 Å². The number of hydrogen-bond donors (Lipinski definition) is 0. The fraction of sp³-hybridized carbons (Fsp3) is 1.00. The quantitative estimate of drug-likeness (QED) is 0.672. The maximum absolute atomic E-state index is 2.58. The number of piperidine rings is 1. The van der Waals surface area contributed by atoms with Gasteiger partial charge in [-0.25, -0.2) is 0 Å². The number of hydrogen-bond acceptors (Lipinski definition) is 1. The first kappa shape index (κ1) is 11.4. The van der Waals surface area contributed by atoms with Crippen LogP contribution in [0.3, 0.4) is 0 Å². The summed E-state index contributed by atoms with van der Waals surface area (Å²) >= 11 is 0. The van der Waals surface area contributed by atoms with E-state index in [0.717, 1.165) is 17.8 Å². The standard InChI is InChI=1S/C14H27N/c1-3-12-9-14(11-15(2)10-12)13-7-5-4-6-8-13/h12-14H,3-11H2,1-2H3/t12-,14+/m1/s1. The van der Waals surface area contributed by atoms with Gasteiger partial charge in [0, 0.05) is 13.1 Å². The molecule has 1 nitrogen and oxygen atoms in total. The van der Waals surface area contributed by atoms with Crippen LogP contribution in [0.25, 0.3) is 0 Å². The molecular weight excluding hydrogens is 182 g/mol. The zero-order valence-electron chi connectivity index (χ0n) is 10.5. The van der Waals surface area contributed by atoms with Crippen LogP contribution in [-0.2, 0) is 0 Å². The molecule has 0 unspecified atom stereocenters. The van der Waals surface area contributed by atoms with E-state index in [2.05, 4.69) is 18.9 Å². The second-order valence-corrected chi connectivity index (χ2v) is 5.89. The second kappa shape index (κ2) is 5.34. The number of nitrogens with zero attached hydrogens (tertiary/aromatic N) is 1. The predicted molar refractivity (Wildman–Crippen MR) is 66.0 cm³/mol. The Morgan fingerprint density at radius 2 is 1.73 bits per heavy atom. The highest BCUT2D eigenvalue weighted by Gasteiger charge is 2.30. The van der Waals surface area contributed by atoms with Gasteiger partial charge in [-0.2, -0.15) is 0 Å². The highest BCUT2D eigenvalue weighted by atomic mass is 15.1. The van der Waals surface area contributed by atoms with Crippen molar-refractivity contribution in [2.45, 2.75) is 51.9 Å². The predicted octanol–water partition coefficient (Wildman–Crippen LogP) is 3.54. The van der Waals surface area contributed by atoms with E-state index in [1.807, 2.05) is 0 Å². The van der Waals surface area contributed by atoms with Crippen LogP contribution in [0.4, 0.5) is 0 Å². The van der Waals surface area contributed by atoms with Crippen molar-refractivity contribution in [2.75, 3.05) is 20.1 Å². The maximum atomic E-state index is 2.58. The molecule has 2 fully saturated rings. The molecule has 1 saturated carbocycles. The number of likely N-dealkylation sites (tertiary alicyclic amines) is 1. The Balaban J connectivity index is 1.89. The SMILES string of the molecule is CC[C@@H]1C[C@H](C2CCCCC2)CN(C)C1. The molecule has 1 heteroatoms. The van der Waals surface area contributed by atoms with E-state index >= 15 is 0 Å². The van der Waals surface area contributed by atoms with Crippen molar-refractivity contribution >= 4 is 0 Å². The average molecular weight is 209 g/mol. The van der Waals surface area contributed by atoms with Gasteiger partial charge in [0.05, 0.1) is 0 Å². The van der Waals surface area contributed by atoms with E-state index < -0.39 is 0 Å². The largest absolute Gasteiger partial charge is 0.306 e. The topological polar surface area (TPSA) is 3.24 Å². The first-order valence-electron chi connectivity index (χ1n) is 6.98. The van der Waals surface area contributed by atoms with Crippen LogP contribution in [0.1, 0.15) is 51.9 Å². The third-order valence-corrected chi connectivity index (χ3v) is 4.65. The van der Waals surface area contributed by atoms with Gasteiger partial charge in [-0.15, -0.1) is 0 Å². The Bertz CT molecular complexity index is 184. The van der Waals surface area contributed by atoms with Crippen LogP contribution in [-0.4, -0.2) is 25.0 Å². The number of rotatable bonds is 2. The molecule has 0 aromatic carbocycles. The molecule has 2 aliphatic rings. The minimum atomic E-state index is 0.982. The lowest BCUT2D eigenvalue weighted by Gasteiger charge is -2.40. The van der Waals surface area contributed by atoms with E-state index in [-0.39, 0.29) is 0 Å². The molecule has 0 N–H and O–H groups in total. The summed E-state index contributed by atoms with van der Waals surface area (Å²) < 4.78 is 0. The Labute approximate surface area is 95.2 Å². The molecule has 1 aliphatic carbocycles. The molecule has 0 spiro atoms. The molecule has 0 radical (unpaired) electrons. The summed E-state index contributed by atoms with van der Waals surface area (Å²) in [4.78, 5) is 2.58. The van der Waals surface area contributed by atoms with Gasteiger partial charge in [0.25, 0.3) is 0 Å². The summed E-state index contributed by atoms with van der Waals surface area (Å²) in [6.07, 6.45) is 10.4. The zero-order valence-corrected chi connectivity index (χ0v) is 10.5. The van der Waals surface area contributed by atoms with Crippen LogP contribution < -0.4 is 0 Å². The van der Waals surface area contributed by atoms with Crippen molar-refractivity contribution in [1.82, 2.24) is 4.90 Å². The van der Waals surface area contributed by atoms with Gasteiger partial charge < -0.3 is 4.90 Å². The summed E-state index contributed by atoms with van der Waals surface area (Å²) in [6.45, 7) is 5.09. The van der Waals surface area contributed by atoms with E-state index in [1.165, 1.54) is 58.0 Å². The highest BCUT2D eigenvalue weighted by Crippen LogP contribution is 2.36.